The summed E-state index contributed by atoms with van der Waals surface area (Å²) in [6.07, 6.45) is -1.06. The van der Waals surface area contributed by atoms with Gasteiger partial charge in [0.05, 0.1) is 7.11 Å². The van der Waals surface area contributed by atoms with Gasteiger partial charge in [0.1, 0.15) is 17.6 Å². The van der Waals surface area contributed by atoms with Gasteiger partial charge in [-0.15, -0.1) is 0 Å². The van der Waals surface area contributed by atoms with Crippen molar-refractivity contribution in [2.24, 2.45) is 0 Å². The van der Waals surface area contributed by atoms with E-state index in [0.717, 1.165) is 5.56 Å². The number of aromatic hydroxyl groups is 1. The Morgan fingerprint density at radius 3 is 2.53 bits per heavy atom. The number of benzene rings is 2. The molecule has 0 amide bonds. The smallest absolute Gasteiger partial charge is 0.144 e. The maximum absolute atomic E-state index is 9.99. The van der Waals surface area contributed by atoms with Crippen molar-refractivity contribution in [1.82, 2.24) is 0 Å². The van der Waals surface area contributed by atoms with E-state index in [2.05, 4.69) is 11.8 Å². The Morgan fingerprint density at radius 2 is 1.84 bits per heavy atom. The second-order valence-electron chi connectivity index (χ2n) is 3.96. The summed E-state index contributed by atoms with van der Waals surface area (Å²) >= 11 is 0. The molecule has 0 heterocycles. The van der Waals surface area contributed by atoms with E-state index >= 15 is 0 Å². The van der Waals surface area contributed by atoms with Crippen LogP contribution in [0.5, 0.6) is 11.5 Å². The predicted molar refractivity (Wildman–Crippen MR) is 72.9 cm³/mol. The predicted octanol–water partition coefficient (Wildman–Crippen LogP) is 2.49. The van der Waals surface area contributed by atoms with Gasteiger partial charge in [-0.3, -0.25) is 0 Å². The maximum Gasteiger partial charge on any atom is 0.144 e. The number of ether oxygens (including phenoxy) is 1. The topological polar surface area (TPSA) is 49.7 Å². The standard InChI is InChI=1S/C16H14O3/c1-19-13-8-10-16(18)14(11-13)15(17)9-7-12-5-3-2-4-6-12/h2-6,8,10-11,15,17-18H,1H3. The first kappa shape index (κ1) is 13.0. The van der Waals surface area contributed by atoms with Crippen LogP contribution in [0.4, 0.5) is 0 Å². The molecule has 3 nitrogen and oxygen atoms in total. The van der Waals surface area contributed by atoms with E-state index in [4.69, 9.17) is 4.74 Å². The SMILES string of the molecule is COc1ccc(O)c(C(O)C#Cc2ccccc2)c1. The number of aliphatic hydroxyl groups excluding tert-OH is 1. The molecule has 1 atom stereocenters. The normalized spacial score (nSPS) is 11.3. The fraction of sp³-hybridized carbons (Fsp3) is 0.125. The van der Waals surface area contributed by atoms with Crippen LogP contribution in [0.15, 0.2) is 48.5 Å². The van der Waals surface area contributed by atoms with Crippen molar-refractivity contribution in [3.8, 4) is 23.3 Å². The monoisotopic (exact) mass is 254 g/mol. The van der Waals surface area contributed by atoms with Crippen LogP contribution in [0, 0.1) is 11.8 Å². The van der Waals surface area contributed by atoms with Gasteiger partial charge >= 0.3 is 0 Å². The lowest BCUT2D eigenvalue weighted by molar-refractivity contribution is 0.232. The molecule has 96 valence electrons. The number of methoxy groups -OCH3 is 1. The van der Waals surface area contributed by atoms with Crippen LogP contribution in [-0.2, 0) is 0 Å². The lowest BCUT2D eigenvalue weighted by Gasteiger charge is -2.08. The summed E-state index contributed by atoms with van der Waals surface area (Å²) in [5.74, 6) is 6.11. The molecule has 0 fully saturated rings. The zero-order valence-corrected chi connectivity index (χ0v) is 10.5. The summed E-state index contributed by atoms with van der Waals surface area (Å²) in [5, 5.41) is 19.7. The molecular formula is C16H14O3. The molecule has 2 aromatic rings. The Labute approximate surface area is 112 Å². The average molecular weight is 254 g/mol. The Hall–Kier alpha value is -2.44. The van der Waals surface area contributed by atoms with Crippen LogP contribution in [0.3, 0.4) is 0 Å². The van der Waals surface area contributed by atoms with Crippen LogP contribution in [-0.4, -0.2) is 17.3 Å². The Balaban J connectivity index is 2.25. The van der Waals surface area contributed by atoms with Gasteiger partial charge in [0.2, 0.25) is 0 Å². The van der Waals surface area contributed by atoms with Crippen molar-refractivity contribution in [3.05, 3.63) is 59.7 Å². The first-order chi connectivity index (χ1) is 9.20. The van der Waals surface area contributed by atoms with Crippen LogP contribution in [0.1, 0.15) is 17.2 Å². The molecular weight excluding hydrogens is 240 g/mol. The summed E-state index contributed by atoms with van der Waals surface area (Å²) in [5.41, 5.74) is 1.15. The second kappa shape index (κ2) is 5.94. The fourth-order valence-electron chi connectivity index (χ4n) is 1.63. The van der Waals surface area contributed by atoms with Crippen molar-refractivity contribution in [3.63, 3.8) is 0 Å². The number of hydrogen-bond donors (Lipinski definition) is 2. The number of aliphatic hydroxyl groups is 1. The Morgan fingerprint density at radius 1 is 1.11 bits per heavy atom. The number of phenolic OH excluding ortho intramolecular Hbond substituents is 1. The van der Waals surface area contributed by atoms with E-state index in [9.17, 15) is 10.2 Å². The lowest BCUT2D eigenvalue weighted by atomic mass is 10.1. The highest BCUT2D eigenvalue weighted by molar-refractivity contribution is 5.44. The van der Waals surface area contributed by atoms with Gasteiger partial charge in [-0.1, -0.05) is 30.0 Å². The number of hydrogen-bond acceptors (Lipinski definition) is 3. The van der Waals surface area contributed by atoms with Gasteiger partial charge in [0, 0.05) is 11.1 Å². The van der Waals surface area contributed by atoms with Crippen LogP contribution in [0.25, 0.3) is 0 Å². The fourth-order valence-corrected chi connectivity index (χ4v) is 1.63. The summed E-state index contributed by atoms with van der Waals surface area (Å²) in [6.45, 7) is 0. The second-order valence-corrected chi connectivity index (χ2v) is 3.96. The van der Waals surface area contributed by atoms with Crippen LogP contribution >= 0.6 is 0 Å². The highest BCUT2D eigenvalue weighted by Crippen LogP contribution is 2.28. The molecule has 2 aromatic carbocycles. The third kappa shape index (κ3) is 3.27. The van der Waals surface area contributed by atoms with Crippen LogP contribution in [0.2, 0.25) is 0 Å². The van der Waals surface area contributed by atoms with Crippen molar-refractivity contribution < 1.29 is 14.9 Å². The summed E-state index contributed by atoms with van der Waals surface area (Å²) < 4.78 is 5.05. The molecule has 0 radical (unpaired) electrons. The van der Waals surface area contributed by atoms with Gasteiger partial charge in [0.15, 0.2) is 0 Å². The minimum atomic E-state index is -1.06. The number of phenols is 1. The minimum absolute atomic E-state index is 0.00402. The van der Waals surface area contributed by atoms with Crippen molar-refractivity contribution >= 4 is 0 Å². The average Bonchev–Trinajstić information content (AvgIpc) is 2.46. The third-order valence-corrected chi connectivity index (χ3v) is 2.66. The van der Waals surface area contributed by atoms with E-state index in [1.54, 1.807) is 12.1 Å². The number of rotatable bonds is 2. The maximum atomic E-state index is 9.99. The zero-order valence-electron chi connectivity index (χ0n) is 10.5. The Kier molecular flexibility index (Phi) is 4.07. The van der Waals surface area contributed by atoms with E-state index in [1.165, 1.54) is 13.2 Å². The zero-order chi connectivity index (χ0) is 13.7. The summed E-state index contributed by atoms with van der Waals surface area (Å²) in [7, 11) is 1.53. The van der Waals surface area contributed by atoms with Crippen molar-refractivity contribution in [2.75, 3.05) is 7.11 Å². The summed E-state index contributed by atoms with van der Waals surface area (Å²) in [4.78, 5) is 0. The minimum Gasteiger partial charge on any atom is -0.508 e. The van der Waals surface area contributed by atoms with E-state index in [1.807, 2.05) is 30.3 Å². The molecule has 0 aliphatic rings. The van der Waals surface area contributed by atoms with E-state index < -0.39 is 6.10 Å². The quantitative estimate of drug-likeness (QED) is 0.809. The molecule has 2 N–H and O–H groups in total. The van der Waals surface area contributed by atoms with E-state index in [0.29, 0.717) is 11.3 Å². The molecule has 3 heteroatoms. The molecule has 0 bridgehead atoms. The first-order valence-electron chi connectivity index (χ1n) is 5.82. The van der Waals surface area contributed by atoms with Crippen LogP contribution < -0.4 is 4.74 Å². The lowest BCUT2D eigenvalue weighted by Crippen LogP contribution is -1.95. The van der Waals surface area contributed by atoms with Gasteiger partial charge in [-0.25, -0.2) is 0 Å². The first-order valence-corrected chi connectivity index (χ1v) is 5.82. The van der Waals surface area contributed by atoms with Gasteiger partial charge in [-0.05, 0) is 30.3 Å². The van der Waals surface area contributed by atoms with Crippen molar-refractivity contribution in [2.45, 2.75) is 6.10 Å². The van der Waals surface area contributed by atoms with Crippen molar-refractivity contribution in [1.29, 1.82) is 0 Å². The molecule has 19 heavy (non-hydrogen) atoms. The largest absolute Gasteiger partial charge is 0.508 e. The molecule has 0 saturated heterocycles. The molecule has 2 rings (SSSR count). The molecule has 0 saturated carbocycles. The highest BCUT2D eigenvalue weighted by atomic mass is 16.5. The summed E-state index contributed by atoms with van der Waals surface area (Å²) in [6, 6.07) is 14.0. The Bertz CT molecular complexity index is 609. The molecule has 0 aliphatic heterocycles. The van der Waals surface area contributed by atoms with Gasteiger partial charge < -0.3 is 14.9 Å². The van der Waals surface area contributed by atoms with Gasteiger partial charge in [-0.2, -0.15) is 0 Å². The van der Waals surface area contributed by atoms with Gasteiger partial charge in [0.25, 0.3) is 0 Å². The third-order valence-electron chi connectivity index (χ3n) is 2.66. The molecule has 0 spiro atoms. The molecule has 1 unspecified atom stereocenters. The van der Waals surface area contributed by atoms with E-state index in [-0.39, 0.29) is 5.75 Å². The molecule has 0 aromatic heterocycles. The highest BCUT2D eigenvalue weighted by Gasteiger charge is 2.10. The molecule has 0 aliphatic carbocycles.